The van der Waals surface area contributed by atoms with Gasteiger partial charge < -0.3 is 15.2 Å². The van der Waals surface area contributed by atoms with Gasteiger partial charge in [0.15, 0.2) is 10.8 Å². The van der Waals surface area contributed by atoms with Crippen molar-refractivity contribution in [3.05, 3.63) is 78.5 Å². The van der Waals surface area contributed by atoms with E-state index in [0.717, 1.165) is 22.4 Å². The molecule has 0 fully saturated rings. The monoisotopic (exact) mass is 568 g/mol. The van der Waals surface area contributed by atoms with Crippen LogP contribution in [0.1, 0.15) is 52.5 Å². The van der Waals surface area contributed by atoms with E-state index in [1.807, 2.05) is 25.1 Å². The summed E-state index contributed by atoms with van der Waals surface area (Å²) < 4.78 is 11.6. The highest BCUT2D eigenvalue weighted by molar-refractivity contribution is 6.46. The maximum atomic E-state index is 12.5. The molecular weight excluding hydrogens is 546 g/mol. The molecule has 3 rings (SSSR count). The van der Waals surface area contributed by atoms with Gasteiger partial charge in [0.2, 0.25) is 0 Å². The van der Waals surface area contributed by atoms with Gasteiger partial charge >= 0.3 is 0 Å². The van der Waals surface area contributed by atoms with Crippen molar-refractivity contribution in [2.24, 2.45) is 5.10 Å². The summed E-state index contributed by atoms with van der Waals surface area (Å²) >= 11 is 24.2. The average Bonchev–Trinajstić information content (AvgIpc) is 2.85. The Labute approximate surface area is 229 Å². The van der Waals surface area contributed by atoms with Crippen molar-refractivity contribution in [1.29, 1.82) is 0 Å². The van der Waals surface area contributed by atoms with Gasteiger partial charge in [-0.1, -0.05) is 60.3 Å². The number of rotatable bonds is 8. The number of nitrogens with zero attached hydrogens (tertiary/aromatic N) is 2. The van der Waals surface area contributed by atoms with Crippen molar-refractivity contribution in [2.45, 2.75) is 33.3 Å². The number of aryl methyl sites for hydroxylation is 1. The van der Waals surface area contributed by atoms with Crippen LogP contribution in [0.25, 0.3) is 0 Å². The zero-order chi connectivity index (χ0) is 26.6. The Morgan fingerprint density at radius 1 is 1.14 bits per heavy atom. The standard InChI is InChI=1S/C25H24Cl4N4O3/c1-12(2)16-9-17(26)13(3)7-19(16)36-11-15-8-14(5-6-18(15)35-4)10-31-33-25(34)23-20(27)22(30)21(28)24(29)32-23/h5-10,12H,11H2,1-4H3,(H2,30,32)(H,33,34). The molecule has 2 aromatic carbocycles. The summed E-state index contributed by atoms with van der Waals surface area (Å²) in [5.41, 5.74) is 11.3. The molecule has 3 aromatic rings. The fraction of sp³-hybridized carbons (Fsp3) is 0.240. The van der Waals surface area contributed by atoms with Crippen molar-refractivity contribution in [2.75, 3.05) is 12.8 Å². The first kappa shape index (κ1) is 27.9. The van der Waals surface area contributed by atoms with Crippen LogP contribution in [0, 0.1) is 6.92 Å². The minimum atomic E-state index is -0.696. The summed E-state index contributed by atoms with van der Waals surface area (Å²) in [5.74, 6) is 0.939. The van der Waals surface area contributed by atoms with Crippen LogP contribution < -0.4 is 20.6 Å². The molecule has 0 aliphatic rings. The molecule has 0 spiro atoms. The summed E-state index contributed by atoms with van der Waals surface area (Å²) in [6.07, 6.45) is 1.46. The van der Waals surface area contributed by atoms with E-state index < -0.39 is 5.91 Å². The van der Waals surface area contributed by atoms with E-state index in [9.17, 15) is 4.79 Å². The Kier molecular flexibility index (Phi) is 9.30. The van der Waals surface area contributed by atoms with Crippen molar-refractivity contribution in [1.82, 2.24) is 10.4 Å². The number of pyridine rings is 1. The third-order valence-corrected chi connectivity index (χ3v) is 6.81. The van der Waals surface area contributed by atoms with Crippen LogP contribution in [0.4, 0.5) is 5.69 Å². The minimum Gasteiger partial charge on any atom is -0.496 e. The van der Waals surface area contributed by atoms with Crippen LogP contribution in [-0.2, 0) is 6.61 Å². The van der Waals surface area contributed by atoms with Crippen molar-refractivity contribution < 1.29 is 14.3 Å². The van der Waals surface area contributed by atoms with Gasteiger partial charge in [-0.2, -0.15) is 5.10 Å². The zero-order valence-corrected chi connectivity index (χ0v) is 23.0. The molecule has 11 heteroatoms. The lowest BCUT2D eigenvalue weighted by atomic mass is 10.0. The summed E-state index contributed by atoms with van der Waals surface area (Å²) in [6.45, 7) is 6.34. The molecule has 0 saturated carbocycles. The first-order chi connectivity index (χ1) is 17.0. The van der Waals surface area contributed by atoms with Gasteiger partial charge in [-0.15, -0.1) is 0 Å². The second-order valence-electron chi connectivity index (χ2n) is 8.15. The largest absolute Gasteiger partial charge is 0.496 e. The third-order valence-electron chi connectivity index (χ3n) is 5.27. The number of amides is 1. The molecule has 36 heavy (non-hydrogen) atoms. The van der Waals surface area contributed by atoms with Crippen molar-refractivity contribution in [3.8, 4) is 11.5 Å². The Hall–Kier alpha value is -2.71. The van der Waals surface area contributed by atoms with Gasteiger partial charge in [0, 0.05) is 10.6 Å². The van der Waals surface area contributed by atoms with Gasteiger partial charge in [0.25, 0.3) is 5.91 Å². The summed E-state index contributed by atoms with van der Waals surface area (Å²) in [6, 6.07) is 9.28. The Balaban J connectivity index is 1.77. The van der Waals surface area contributed by atoms with Crippen LogP contribution in [0.2, 0.25) is 20.2 Å². The Bertz CT molecular complexity index is 1330. The van der Waals surface area contributed by atoms with Crippen molar-refractivity contribution >= 4 is 64.2 Å². The fourth-order valence-corrected chi connectivity index (χ4v) is 4.06. The van der Waals surface area contributed by atoms with Crippen LogP contribution >= 0.6 is 46.4 Å². The van der Waals surface area contributed by atoms with E-state index in [2.05, 4.69) is 29.4 Å². The van der Waals surface area contributed by atoms with E-state index in [-0.39, 0.29) is 39.1 Å². The number of nitrogen functional groups attached to an aromatic ring is 1. The predicted octanol–water partition coefficient (Wildman–Crippen LogP) is 7.06. The quantitative estimate of drug-likeness (QED) is 0.172. The molecule has 1 heterocycles. The number of hydrogen-bond donors (Lipinski definition) is 2. The minimum absolute atomic E-state index is 0.0241. The number of hydrogen-bond acceptors (Lipinski definition) is 6. The number of methoxy groups -OCH3 is 1. The van der Waals surface area contributed by atoms with Crippen LogP contribution in [-0.4, -0.2) is 24.2 Å². The molecular formula is C25H24Cl4N4O3. The van der Waals surface area contributed by atoms with Crippen LogP contribution in [0.3, 0.4) is 0 Å². The molecule has 0 unspecified atom stereocenters. The molecule has 1 amide bonds. The topological polar surface area (TPSA) is 98.8 Å². The highest BCUT2D eigenvalue weighted by Crippen LogP contribution is 2.35. The second kappa shape index (κ2) is 12.0. The number of hydrazone groups is 1. The molecule has 0 atom stereocenters. The number of benzene rings is 2. The van der Waals surface area contributed by atoms with Gasteiger partial charge in [-0.25, -0.2) is 10.4 Å². The Morgan fingerprint density at radius 2 is 1.86 bits per heavy atom. The number of anilines is 1. The van der Waals surface area contributed by atoms with E-state index >= 15 is 0 Å². The highest BCUT2D eigenvalue weighted by atomic mass is 35.5. The fourth-order valence-electron chi connectivity index (χ4n) is 3.29. The van der Waals surface area contributed by atoms with E-state index in [1.54, 1.807) is 19.2 Å². The van der Waals surface area contributed by atoms with Crippen molar-refractivity contribution in [3.63, 3.8) is 0 Å². The molecule has 3 N–H and O–H groups in total. The maximum Gasteiger partial charge on any atom is 0.291 e. The summed E-state index contributed by atoms with van der Waals surface area (Å²) in [7, 11) is 1.58. The smallest absolute Gasteiger partial charge is 0.291 e. The number of nitrogens with two attached hydrogens (primary N) is 1. The maximum absolute atomic E-state index is 12.5. The van der Waals surface area contributed by atoms with Gasteiger partial charge in [0.05, 0.1) is 24.0 Å². The lowest BCUT2D eigenvalue weighted by molar-refractivity contribution is 0.0950. The van der Waals surface area contributed by atoms with E-state index in [1.165, 1.54) is 6.21 Å². The molecule has 1 aromatic heterocycles. The molecule has 0 saturated heterocycles. The van der Waals surface area contributed by atoms with Crippen LogP contribution in [0.15, 0.2) is 35.4 Å². The normalized spacial score (nSPS) is 11.2. The number of aromatic nitrogens is 1. The predicted molar refractivity (Wildman–Crippen MR) is 146 cm³/mol. The zero-order valence-electron chi connectivity index (χ0n) is 20.0. The molecule has 0 radical (unpaired) electrons. The lowest BCUT2D eigenvalue weighted by Crippen LogP contribution is -2.20. The average molecular weight is 570 g/mol. The number of ether oxygens (including phenoxy) is 2. The Morgan fingerprint density at radius 3 is 2.53 bits per heavy atom. The number of nitrogens with one attached hydrogen (secondary N) is 1. The van der Waals surface area contributed by atoms with Gasteiger partial charge in [-0.05, 0) is 59.9 Å². The second-order valence-corrected chi connectivity index (χ2v) is 9.67. The SMILES string of the molecule is COc1ccc(C=NNC(=O)c2nc(Cl)c(Cl)c(N)c2Cl)cc1COc1cc(C)c(Cl)cc1C(C)C. The third kappa shape index (κ3) is 6.34. The van der Waals surface area contributed by atoms with E-state index in [0.29, 0.717) is 16.3 Å². The summed E-state index contributed by atoms with van der Waals surface area (Å²) in [4.78, 5) is 16.3. The molecule has 7 nitrogen and oxygen atoms in total. The first-order valence-corrected chi connectivity index (χ1v) is 12.3. The van der Waals surface area contributed by atoms with E-state index in [4.69, 9.17) is 61.6 Å². The molecule has 0 bridgehead atoms. The molecule has 0 aliphatic heterocycles. The first-order valence-electron chi connectivity index (χ1n) is 10.8. The lowest BCUT2D eigenvalue weighted by Gasteiger charge is -2.17. The number of halogens is 4. The summed E-state index contributed by atoms with van der Waals surface area (Å²) in [5, 5.41) is 4.40. The number of carbonyl (C=O) groups is 1. The van der Waals surface area contributed by atoms with Gasteiger partial charge in [0.1, 0.15) is 23.1 Å². The highest BCUT2D eigenvalue weighted by Gasteiger charge is 2.19. The van der Waals surface area contributed by atoms with Crippen LogP contribution in [0.5, 0.6) is 11.5 Å². The molecule has 0 aliphatic carbocycles. The number of carbonyl (C=O) groups excluding carboxylic acids is 1. The molecule has 190 valence electrons. The van der Waals surface area contributed by atoms with Gasteiger partial charge in [-0.3, -0.25) is 4.79 Å².